The van der Waals surface area contributed by atoms with E-state index in [2.05, 4.69) is 10.2 Å². The highest BCUT2D eigenvalue weighted by atomic mass is 16.5. The van der Waals surface area contributed by atoms with E-state index in [9.17, 15) is 4.79 Å². The Morgan fingerprint density at radius 3 is 2.90 bits per heavy atom. The van der Waals surface area contributed by atoms with Crippen molar-refractivity contribution < 1.29 is 14.3 Å². The van der Waals surface area contributed by atoms with Gasteiger partial charge in [0.2, 0.25) is 5.91 Å². The van der Waals surface area contributed by atoms with E-state index in [0.29, 0.717) is 19.8 Å². The van der Waals surface area contributed by atoms with Crippen molar-refractivity contribution in [1.82, 2.24) is 10.2 Å². The SMILES string of the molecule is COCCN1CCC(NC(=O)C2(CN)CCOCC2)C1. The predicted octanol–water partition coefficient (Wildman–Crippen LogP) is -0.421. The lowest BCUT2D eigenvalue weighted by molar-refractivity contribution is -0.136. The maximum absolute atomic E-state index is 12.5. The lowest BCUT2D eigenvalue weighted by Gasteiger charge is -2.35. The first-order valence-corrected chi connectivity index (χ1v) is 7.50. The number of hydrogen-bond donors (Lipinski definition) is 2. The Morgan fingerprint density at radius 1 is 1.50 bits per heavy atom. The Kier molecular flexibility index (Phi) is 5.77. The summed E-state index contributed by atoms with van der Waals surface area (Å²) in [7, 11) is 1.71. The van der Waals surface area contributed by atoms with Gasteiger partial charge in [-0.25, -0.2) is 0 Å². The van der Waals surface area contributed by atoms with Gasteiger partial charge in [0.05, 0.1) is 12.0 Å². The van der Waals surface area contributed by atoms with Crippen molar-refractivity contribution in [2.75, 3.05) is 53.1 Å². The second-order valence-electron chi connectivity index (χ2n) is 5.85. The highest BCUT2D eigenvalue weighted by Crippen LogP contribution is 2.30. The number of rotatable bonds is 6. The largest absolute Gasteiger partial charge is 0.383 e. The van der Waals surface area contributed by atoms with Crippen LogP contribution in [0.4, 0.5) is 0 Å². The third kappa shape index (κ3) is 3.69. The van der Waals surface area contributed by atoms with Crippen LogP contribution >= 0.6 is 0 Å². The van der Waals surface area contributed by atoms with Crippen LogP contribution in [0.5, 0.6) is 0 Å². The van der Waals surface area contributed by atoms with Gasteiger partial charge in [-0.15, -0.1) is 0 Å². The number of nitrogens with one attached hydrogen (secondary N) is 1. The summed E-state index contributed by atoms with van der Waals surface area (Å²) in [5.74, 6) is 0.113. The van der Waals surface area contributed by atoms with Gasteiger partial charge in [-0.3, -0.25) is 9.69 Å². The van der Waals surface area contributed by atoms with Gasteiger partial charge >= 0.3 is 0 Å². The first-order chi connectivity index (χ1) is 9.70. The van der Waals surface area contributed by atoms with E-state index in [0.717, 1.165) is 45.5 Å². The number of nitrogens with two attached hydrogens (primary N) is 1. The minimum Gasteiger partial charge on any atom is -0.383 e. The zero-order chi connectivity index (χ0) is 14.4. The van der Waals surface area contributed by atoms with Gasteiger partial charge in [0.25, 0.3) is 0 Å². The minimum atomic E-state index is -0.418. The minimum absolute atomic E-state index is 0.113. The Balaban J connectivity index is 1.82. The lowest BCUT2D eigenvalue weighted by atomic mass is 9.79. The molecule has 2 aliphatic heterocycles. The van der Waals surface area contributed by atoms with E-state index < -0.39 is 5.41 Å². The number of hydrogen-bond acceptors (Lipinski definition) is 5. The lowest BCUT2D eigenvalue weighted by Crippen LogP contribution is -2.52. The average molecular weight is 285 g/mol. The number of ether oxygens (including phenoxy) is 2. The molecule has 3 N–H and O–H groups in total. The van der Waals surface area contributed by atoms with Crippen molar-refractivity contribution in [1.29, 1.82) is 0 Å². The highest BCUT2D eigenvalue weighted by Gasteiger charge is 2.40. The van der Waals surface area contributed by atoms with Crippen LogP contribution in [0.1, 0.15) is 19.3 Å². The first-order valence-electron chi connectivity index (χ1n) is 7.50. The molecule has 1 amide bonds. The van der Waals surface area contributed by atoms with Crippen molar-refractivity contribution in [2.45, 2.75) is 25.3 Å². The molecule has 2 aliphatic rings. The normalized spacial score (nSPS) is 26.6. The van der Waals surface area contributed by atoms with Crippen LogP contribution in [-0.2, 0) is 14.3 Å². The van der Waals surface area contributed by atoms with Crippen molar-refractivity contribution in [3.8, 4) is 0 Å². The Labute approximate surface area is 121 Å². The van der Waals surface area contributed by atoms with Gasteiger partial charge in [-0.05, 0) is 19.3 Å². The average Bonchev–Trinajstić information content (AvgIpc) is 2.93. The molecule has 116 valence electrons. The van der Waals surface area contributed by atoms with Gasteiger partial charge in [0.15, 0.2) is 0 Å². The van der Waals surface area contributed by atoms with Crippen LogP contribution in [0.2, 0.25) is 0 Å². The molecule has 2 rings (SSSR count). The molecule has 20 heavy (non-hydrogen) atoms. The van der Waals surface area contributed by atoms with Crippen LogP contribution in [0.25, 0.3) is 0 Å². The molecule has 2 fully saturated rings. The molecule has 0 radical (unpaired) electrons. The summed E-state index contributed by atoms with van der Waals surface area (Å²) in [5, 5.41) is 3.19. The Morgan fingerprint density at radius 2 is 2.25 bits per heavy atom. The van der Waals surface area contributed by atoms with E-state index >= 15 is 0 Å². The maximum atomic E-state index is 12.5. The second-order valence-corrected chi connectivity index (χ2v) is 5.85. The molecule has 0 aromatic carbocycles. The van der Waals surface area contributed by atoms with Gasteiger partial charge in [0, 0.05) is 52.5 Å². The number of carbonyl (C=O) groups excluding carboxylic acids is 1. The van der Waals surface area contributed by atoms with Gasteiger partial charge in [-0.2, -0.15) is 0 Å². The molecule has 0 saturated carbocycles. The van der Waals surface area contributed by atoms with Gasteiger partial charge < -0.3 is 20.5 Å². The summed E-state index contributed by atoms with van der Waals surface area (Å²) in [4.78, 5) is 14.9. The third-order valence-corrected chi connectivity index (χ3v) is 4.54. The molecule has 0 aromatic heterocycles. The zero-order valence-corrected chi connectivity index (χ0v) is 12.4. The fraction of sp³-hybridized carbons (Fsp3) is 0.929. The van der Waals surface area contributed by atoms with Crippen LogP contribution in [0.15, 0.2) is 0 Å². The molecule has 0 bridgehead atoms. The van der Waals surface area contributed by atoms with Crippen molar-refractivity contribution >= 4 is 5.91 Å². The third-order valence-electron chi connectivity index (χ3n) is 4.54. The number of methoxy groups -OCH3 is 1. The highest BCUT2D eigenvalue weighted by molar-refractivity contribution is 5.83. The topological polar surface area (TPSA) is 76.8 Å². The summed E-state index contributed by atoms with van der Waals surface area (Å²) >= 11 is 0. The summed E-state index contributed by atoms with van der Waals surface area (Å²) < 4.78 is 10.4. The first kappa shape index (κ1) is 15.7. The molecule has 6 nitrogen and oxygen atoms in total. The number of nitrogens with zero attached hydrogens (tertiary/aromatic N) is 1. The number of likely N-dealkylation sites (tertiary alicyclic amines) is 1. The molecule has 0 aliphatic carbocycles. The molecular formula is C14H27N3O3. The molecule has 0 aromatic rings. The fourth-order valence-electron chi connectivity index (χ4n) is 3.00. The molecule has 2 heterocycles. The van der Waals surface area contributed by atoms with Gasteiger partial charge in [-0.1, -0.05) is 0 Å². The summed E-state index contributed by atoms with van der Waals surface area (Å²) in [6, 6.07) is 0.241. The molecule has 0 spiro atoms. The van der Waals surface area contributed by atoms with E-state index in [1.54, 1.807) is 7.11 Å². The molecular weight excluding hydrogens is 258 g/mol. The standard InChI is InChI=1S/C14H27N3O3/c1-19-9-6-17-5-2-12(10-17)16-13(18)14(11-15)3-7-20-8-4-14/h12H,2-11,15H2,1H3,(H,16,18). The summed E-state index contributed by atoms with van der Waals surface area (Å²) in [6.07, 6.45) is 2.47. The maximum Gasteiger partial charge on any atom is 0.227 e. The van der Waals surface area contributed by atoms with Crippen LogP contribution in [0, 0.1) is 5.41 Å². The van der Waals surface area contributed by atoms with Crippen LogP contribution in [0.3, 0.4) is 0 Å². The number of carbonyl (C=O) groups is 1. The van der Waals surface area contributed by atoms with Crippen molar-refractivity contribution in [3.05, 3.63) is 0 Å². The predicted molar refractivity (Wildman–Crippen MR) is 76.4 cm³/mol. The van der Waals surface area contributed by atoms with E-state index in [1.165, 1.54) is 0 Å². The monoisotopic (exact) mass is 285 g/mol. The quantitative estimate of drug-likeness (QED) is 0.693. The fourth-order valence-corrected chi connectivity index (χ4v) is 3.00. The number of amides is 1. The van der Waals surface area contributed by atoms with Crippen molar-refractivity contribution in [3.63, 3.8) is 0 Å². The summed E-state index contributed by atoms with van der Waals surface area (Å²) in [6.45, 7) is 5.27. The van der Waals surface area contributed by atoms with Crippen LogP contribution in [-0.4, -0.2) is 70.0 Å². The van der Waals surface area contributed by atoms with E-state index in [-0.39, 0.29) is 11.9 Å². The molecule has 6 heteroatoms. The van der Waals surface area contributed by atoms with E-state index in [1.807, 2.05) is 0 Å². The summed E-state index contributed by atoms with van der Waals surface area (Å²) in [5.41, 5.74) is 5.44. The zero-order valence-electron chi connectivity index (χ0n) is 12.4. The second kappa shape index (κ2) is 7.36. The van der Waals surface area contributed by atoms with Crippen molar-refractivity contribution in [2.24, 2.45) is 11.1 Å². The Hall–Kier alpha value is -0.690. The molecule has 2 saturated heterocycles. The van der Waals surface area contributed by atoms with E-state index in [4.69, 9.17) is 15.2 Å². The Bertz CT molecular complexity index is 319. The van der Waals surface area contributed by atoms with Gasteiger partial charge in [0.1, 0.15) is 0 Å². The smallest absolute Gasteiger partial charge is 0.227 e. The van der Waals surface area contributed by atoms with Crippen LogP contribution < -0.4 is 11.1 Å². The molecule has 1 atom stereocenters. The molecule has 1 unspecified atom stereocenters.